The second kappa shape index (κ2) is 9.86. The van der Waals surface area contributed by atoms with Crippen LogP contribution in [0.4, 0.5) is 0 Å². The molecule has 0 amide bonds. The molecule has 0 rings (SSSR count). The Kier molecular flexibility index (Phi) is 9.79. The summed E-state index contributed by atoms with van der Waals surface area (Å²) >= 11 is 0. The topological polar surface area (TPSA) is 20.6 Å². The van der Waals surface area contributed by atoms with Crippen LogP contribution in [-0.4, -0.2) is 48.3 Å². The maximum atomic E-state index is 5.05. The molecule has 2 atom stereocenters. The Balaban J connectivity index is 4.49. The third kappa shape index (κ3) is 5.36. The van der Waals surface area contributed by atoms with Crippen LogP contribution < -0.4 is 5.32 Å². The lowest BCUT2D eigenvalue weighted by atomic mass is 10.2. The van der Waals surface area contributed by atoms with Crippen LogP contribution in [0.3, 0.4) is 0 Å². The van der Waals surface area contributed by atoms with Gasteiger partial charge in [-0.05, 0) is 39.0 Å². The van der Waals surface area contributed by atoms with Crippen molar-refractivity contribution in [3.05, 3.63) is 0 Å². The first-order valence-electron chi connectivity index (χ1n) is 7.36. The summed E-state index contributed by atoms with van der Waals surface area (Å²) in [6.45, 7) is 17.7. The molecule has 2 unspecified atom stereocenters. The summed E-state index contributed by atoms with van der Waals surface area (Å²) in [7, 11) is 0. The van der Waals surface area contributed by atoms with Gasteiger partial charge in [0.1, 0.15) is 0 Å². The van der Waals surface area contributed by atoms with E-state index < -0.39 is 0 Å². The van der Waals surface area contributed by atoms with E-state index in [4.69, 9.17) is 5.32 Å². The van der Waals surface area contributed by atoms with Gasteiger partial charge >= 0.3 is 0 Å². The van der Waals surface area contributed by atoms with E-state index in [9.17, 15) is 0 Å². The minimum atomic E-state index is 0.385. The van der Waals surface area contributed by atoms with Gasteiger partial charge in [-0.1, -0.05) is 41.5 Å². The lowest BCUT2D eigenvalue weighted by Crippen LogP contribution is -2.50. The van der Waals surface area contributed by atoms with Gasteiger partial charge in [-0.3, -0.25) is 9.80 Å². The number of rotatable bonds is 10. The highest BCUT2D eigenvalue weighted by molar-refractivity contribution is 4.73. The van der Waals surface area contributed by atoms with Crippen molar-refractivity contribution in [1.82, 2.24) is 15.1 Å². The molecule has 0 saturated carbocycles. The molecule has 0 N–H and O–H groups in total. The SMILES string of the molecule is CCC([N]C(CC)N(CC)CC)N(CC)CC. The summed E-state index contributed by atoms with van der Waals surface area (Å²) in [6, 6.07) is 0. The minimum absolute atomic E-state index is 0.385. The standard InChI is InChI=1S/C14H32N3/c1-7-13(16(9-3)10-4)15-14(8-2)17(11-5)12-6/h13-14H,7-12H2,1-6H3. The zero-order chi connectivity index (χ0) is 13.3. The Morgan fingerprint density at radius 3 is 1.12 bits per heavy atom. The molecule has 0 heterocycles. The highest BCUT2D eigenvalue weighted by atomic mass is 15.3. The summed E-state index contributed by atoms with van der Waals surface area (Å²) in [4.78, 5) is 4.90. The summed E-state index contributed by atoms with van der Waals surface area (Å²) in [5.41, 5.74) is 0. The molecule has 0 aromatic rings. The van der Waals surface area contributed by atoms with E-state index in [-0.39, 0.29) is 0 Å². The highest BCUT2D eigenvalue weighted by Crippen LogP contribution is 2.09. The molecule has 3 nitrogen and oxygen atoms in total. The Morgan fingerprint density at radius 2 is 0.941 bits per heavy atom. The molecule has 0 fully saturated rings. The first-order valence-corrected chi connectivity index (χ1v) is 7.36. The van der Waals surface area contributed by atoms with E-state index in [0.29, 0.717) is 12.3 Å². The van der Waals surface area contributed by atoms with Gasteiger partial charge in [-0.2, -0.15) is 0 Å². The van der Waals surface area contributed by atoms with E-state index in [0.717, 1.165) is 39.0 Å². The monoisotopic (exact) mass is 242 g/mol. The van der Waals surface area contributed by atoms with Crippen molar-refractivity contribution in [2.24, 2.45) is 0 Å². The quantitative estimate of drug-likeness (QED) is 0.587. The van der Waals surface area contributed by atoms with Crippen LogP contribution in [0.15, 0.2) is 0 Å². The molecule has 3 heteroatoms. The van der Waals surface area contributed by atoms with Gasteiger partial charge in [0.05, 0.1) is 12.3 Å². The predicted molar refractivity (Wildman–Crippen MR) is 76.1 cm³/mol. The Morgan fingerprint density at radius 1 is 0.647 bits per heavy atom. The average Bonchev–Trinajstić information content (AvgIpc) is 2.37. The highest BCUT2D eigenvalue weighted by Gasteiger charge is 2.21. The van der Waals surface area contributed by atoms with E-state index in [2.05, 4.69) is 51.3 Å². The fraction of sp³-hybridized carbons (Fsp3) is 1.00. The average molecular weight is 242 g/mol. The molecule has 0 aromatic heterocycles. The second-order valence-corrected chi connectivity index (χ2v) is 4.37. The van der Waals surface area contributed by atoms with Crippen LogP contribution in [-0.2, 0) is 0 Å². The first kappa shape index (κ1) is 16.9. The number of hydrogen-bond donors (Lipinski definition) is 0. The molecule has 1 radical (unpaired) electrons. The van der Waals surface area contributed by atoms with Gasteiger partial charge in [-0.15, -0.1) is 0 Å². The maximum absolute atomic E-state index is 5.05. The molecule has 0 aromatic carbocycles. The normalized spacial score (nSPS) is 15.5. The molecule has 0 aliphatic heterocycles. The number of nitrogens with zero attached hydrogens (tertiary/aromatic N) is 3. The van der Waals surface area contributed by atoms with Gasteiger partial charge in [-0.25, -0.2) is 5.32 Å². The van der Waals surface area contributed by atoms with Crippen LogP contribution in [0, 0.1) is 0 Å². The summed E-state index contributed by atoms with van der Waals surface area (Å²) in [5, 5.41) is 5.05. The third-order valence-electron chi connectivity index (χ3n) is 3.54. The van der Waals surface area contributed by atoms with Crippen molar-refractivity contribution in [1.29, 1.82) is 0 Å². The van der Waals surface area contributed by atoms with Crippen molar-refractivity contribution < 1.29 is 0 Å². The summed E-state index contributed by atoms with van der Waals surface area (Å²) < 4.78 is 0. The van der Waals surface area contributed by atoms with Crippen LogP contribution in [0.25, 0.3) is 0 Å². The zero-order valence-corrected chi connectivity index (χ0v) is 12.7. The van der Waals surface area contributed by atoms with Crippen molar-refractivity contribution in [2.45, 2.75) is 66.7 Å². The third-order valence-corrected chi connectivity index (χ3v) is 3.54. The smallest absolute Gasteiger partial charge is 0.0776 e. The molecule has 0 aliphatic carbocycles. The van der Waals surface area contributed by atoms with Gasteiger partial charge in [0, 0.05) is 0 Å². The van der Waals surface area contributed by atoms with E-state index in [1.165, 1.54) is 0 Å². The van der Waals surface area contributed by atoms with E-state index >= 15 is 0 Å². The van der Waals surface area contributed by atoms with Gasteiger partial charge in [0.2, 0.25) is 0 Å². The van der Waals surface area contributed by atoms with Crippen LogP contribution in [0.1, 0.15) is 54.4 Å². The van der Waals surface area contributed by atoms with Gasteiger partial charge in [0.15, 0.2) is 0 Å². The fourth-order valence-corrected chi connectivity index (χ4v) is 2.40. The molecular formula is C14H32N3. The molecule has 0 aliphatic rings. The maximum Gasteiger partial charge on any atom is 0.0776 e. The molecule has 0 saturated heterocycles. The molecular weight excluding hydrogens is 210 g/mol. The molecule has 17 heavy (non-hydrogen) atoms. The van der Waals surface area contributed by atoms with Crippen molar-refractivity contribution >= 4 is 0 Å². The Hall–Kier alpha value is -0.120. The van der Waals surface area contributed by atoms with Gasteiger partial charge in [0.25, 0.3) is 0 Å². The van der Waals surface area contributed by atoms with Crippen LogP contribution in [0.2, 0.25) is 0 Å². The zero-order valence-electron chi connectivity index (χ0n) is 12.7. The molecule has 103 valence electrons. The van der Waals surface area contributed by atoms with Crippen molar-refractivity contribution in [3.8, 4) is 0 Å². The Labute approximate surface area is 109 Å². The number of hydrogen-bond acceptors (Lipinski definition) is 2. The predicted octanol–water partition coefficient (Wildman–Crippen LogP) is 2.75. The fourth-order valence-electron chi connectivity index (χ4n) is 2.40. The van der Waals surface area contributed by atoms with Crippen molar-refractivity contribution in [3.63, 3.8) is 0 Å². The molecule has 0 bridgehead atoms. The second-order valence-electron chi connectivity index (χ2n) is 4.37. The lowest BCUT2D eigenvalue weighted by Gasteiger charge is -2.35. The van der Waals surface area contributed by atoms with Crippen LogP contribution in [0.5, 0.6) is 0 Å². The summed E-state index contributed by atoms with van der Waals surface area (Å²) in [6.07, 6.45) is 2.99. The van der Waals surface area contributed by atoms with Crippen molar-refractivity contribution in [2.75, 3.05) is 26.2 Å². The lowest BCUT2D eigenvalue weighted by molar-refractivity contribution is 0.0910. The largest absolute Gasteiger partial charge is 0.287 e. The van der Waals surface area contributed by atoms with E-state index in [1.54, 1.807) is 0 Å². The Bertz CT molecular complexity index is 147. The molecule has 0 spiro atoms. The van der Waals surface area contributed by atoms with E-state index in [1.807, 2.05) is 0 Å². The minimum Gasteiger partial charge on any atom is -0.287 e. The van der Waals surface area contributed by atoms with Crippen LogP contribution >= 0.6 is 0 Å². The summed E-state index contributed by atoms with van der Waals surface area (Å²) in [5.74, 6) is 0. The first-order chi connectivity index (χ1) is 8.18. The van der Waals surface area contributed by atoms with Gasteiger partial charge < -0.3 is 0 Å².